The number of nitrogens with zero attached hydrogens (tertiary/aromatic N) is 1. The quantitative estimate of drug-likeness (QED) is 0.185. The molecule has 36 heavy (non-hydrogen) atoms. The molecule has 0 unspecified atom stereocenters. The Kier molecular flexibility index (Phi) is 9.90. The first-order chi connectivity index (χ1) is 17.3. The first-order valence-corrected chi connectivity index (χ1v) is 12.2. The normalized spacial score (nSPS) is 11.6. The van der Waals surface area contributed by atoms with Crippen LogP contribution >= 0.6 is 0 Å². The fraction of sp³-hybridized carbons (Fsp3) is 0.444. The fourth-order valence-electron chi connectivity index (χ4n) is 3.68. The molecule has 0 fully saturated rings. The number of benzene rings is 1. The second-order valence-corrected chi connectivity index (χ2v) is 8.48. The molecule has 0 aliphatic heterocycles. The molecule has 2 heterocycles. The van der Waals surface area contributed by atoms with E-state index in [2.05, 4.69) is 4.98 Å². The molecule has 2 aromatic heterocycles. The summed E-state index contributed by atoms with van der Waals surface area (Å²) in [5, 5.41) is 0.569. The average molecular weight is 506 g/mol. The number of fused-ring (bicyclic) bond motifs is 1. The molecular weight excluding hydrogens is 475 g/mol. The zero-order valence-corrected chi connectivity index (χ0v) is 20.2. The van der Waals surface area contributed by atoms with Gasteiger partial charge in [-0.25, -0.2) is 9.78 Å². The fourth-order valence-corrected chi connectivity index (χ4v) is 3.68. The van der Waals surface area contributed by atoms with Crippen LogP contribution in [0.15, 0.2) is 51.8 Å². The summed E-state index contributed by atoms with van der Waals surface area (Å²) in [6, 6.07) is 7.59. The third kappa shape index (κ3) is 8.10. The van der Waals surface area contributed by atoms with E-state index in [-0.39, 0.29) is 17.1 Å². The predicted molar refractivity (Wildman–Crippen MR) is 130 cm³/mol. The molecule has 9 heteroatoms. The van der Waals surface area contributed by atoms with Crippen molar-refractivity contribution in [3.63, 3.8) is 0 Å². The van der Waals surface area contributed by atoms with Gasteiger partial charge in [-0.1, -0.05) is 51.2 Å². The minimum absolute atomic E-state index is 0.153. The van der Waals surface area contributed by atoms with E-state index in [1.807, 2.05) is 0 Å². The minimum atomic E-state index is -4.45. The first-order valence-electron chi connectivity index (χ1n) is 12.2. The van der Waals surface area contributed by atoms with Gasteiger partial charge in [-0.15, -0.1) is 0 Å². The molecule has 0 saturated carbocycles. The van der Waals surface area contributed by atoms with E-state index in [4.69, 9.17) is 13.9 Å². The maximum Gasteiger partial charge on any atom is 0.416 e. The Morgan fingerprint density at radius 1 is 0.944 bits per heavy atom. The number of rotatable bonds is 13. The lowest BCUT2D eigenvalue weighted by atomic mass is 10.0. The van der Waals surface area contributed by atoms with Gasteiger partial charge in [0, 0.05) is 17.9 Å². The summed E-state index contributed by atoms with van der Waals surface area (Å²) >= 11 is 0. The number of hydrogen-bond donors (Lipinski definition) is 0. The van der Waals surface area contributed by atoms with E-state index in [1.54, 1.807) is 19.1 Å². The van der Waals surface area contributed by atoms with Gasteiger partial charge in [0.15, 0.2) is 5.58 Å². The van der Waals surface area contributed by atoms with Crippen LogP contribution in [-0.2, 0) is 15.7 Å². The molecule has 0 aliphatic rings. The van der Waals surface area contributed by atoms with Gasteiger partial charge in [-0.2, -0.15) is 13.2 Å². The van der Waals surface area contributed by atoms with E-state index in [0.29, 0.717) is 36.5 Å². The van der Waals surface area contributed by atoms with Crippen molar-refractivity contribution < 1.29 is 31.9 Å². The van der Waals surface area contributed by atoms with Gasteiger partial charge >= 0.3 is 17.8 Å². The zero-order valence-electron chi connectivity index (χ0n) is 20.2. The Morgan fingerprint density at radius 3 is 2.22 bits per heavy atom. The lowest BCUT2D eigenvalue weighted by Crippen LogP contribution is -2.06. The van der Waals surface area contributed by atoms with Crippen molar-refractivity contribution in [2.75, 3.05) is 13.2 Å². The highest BCUT2D eigenvalue weighted by Gasteiger charge is 2.30. The van der Waals surface area contributed by atoms with E-state index in [0.717, 1.165) is 57.1 Å². The molecule has 0 bridgehead atoms. The Hall–Kier alpha value is -3.36. The van der Waals surface area contributed by atoms with Gasteiger partial charge < -0.3 is 13.9 Å². The Bertz CT molecular complexity index is 1190. The first kappa shape index (κ1) is 27.2. The average Bonchev–Trinajstić information content (AvgIpc) is 2.86. The molecule has 0 aliphatic carbocycles. The van der Waals surface area contributed by atoms with E-state index < -0.39 is 17.4 Å². The molecule has 0 atom stereocenters. The Balaban J connectivity index is 1.46. The number of pyridine rings is 1. The van der Waals surface area contributed by atoms with Crippen molar-refractivity contribution in [1.82, 2.24) is 4.98 Å². The summed E-state index contributed by atoms with van der Waals surface area (Å²) in [6.45, 7) is 2.77. The van der Waals surface area contributed by atoms with Crippen LogP contribution in [0.1, 0.15) is 63.9 Å². The standard InChI is InChI=1S/C27H30F3NO5/c1-2-25(32)35-15-9-7-5-3-4-6-8-14-34-24-17-20-16-22(26(33)36-23(20)18-31-24)19-10-12-21(13-11-19)27(28,29)30/h10-13,16-18H,2-9,14-15H2,1H3. The van der Waals surface area contributed by atoms with Gasteiger partial charge in [0.05, 0.1) is 30.5 Å². The number of ether oxygens (including phenoxy) is 2. The number of unbranched alkanes of at least 4 members (excludes halogenated alkanes) is 6. The van der Waals surface area contributed by atoms with Crippen LogP contribution in [0, 0.1) is 0 Å². The van der Waals surface area contributed by atoms with Crippen molar-refractivity contribution in [2.45, 2.75) is 64.5 Å². The molecule has 3 rings (SSSR count). The van der Waals surface area contributed by atoms with Crippen LogP contribution in [0.4, 0.5) is 13.2 Å². The van der Waals surface area contributed by atoms with Crippen LogP contribution in [0.2, 0.25) is 0 Å². The molecule has 1 aromatic carbocycles. The van der Waals surface area contributed by atoms with Crippen molar-refractivity contribution in [3.05, 3.63) is 58.6 Å². The molecule has 0 N–H and O–H groups in total. The van der Waals surface area contributed by atoms with Crippen molar-refractivity contribution >= 4 is 16.9 Å². The van der Waals surface area contributed by atoms with Crippen LogP contribution in [0.25, 0.3) is 22.1 Å². The monoisotopic (exact) mass is 505 g/mol. The summed E-state index contributed by atoms with van der Waals surface area (Å²) in [7, 11) is 0. The van der Waals surface area contributed by atoms with E-state index >= 15 is 0 Å². The second kappa shape index (κ2) is 13.1. The SMILES string of the molecule is CCC(=O)OCCCCCCCCCOc1cc2cc(-c3ccc(C(F)(F)F)cc3)c(=O)oc2cn1. The second-order valence-electron chi connectivity index (χ2n) is 8.48. The molecule has 0 spiro atoms. The largest absolute Gasteiger partial charge is 0.478 e. The Labute approximate surface area is 207 Å². The van der Waals surface area contributed by atoms with Gasteiger partial charge in [0.1, 0.15) is 0 Å². The maximum absolute atomic E-state index is 12.8. The summed E-state index contributed by atoms with van der Waals surface area (Å²) in [5.41, 5.74) is -0.671. The van der Waals surface area contributed by atoms with Crippen LogP contribution in [-0.4, -0.2) is 24.2 Å². The van der Waals surface area contributed by atoms with Gasteiger partial charge in [-0.05, 0) is 36.6 Å². The molecule has 0 saturated heterocycles. The van der Waals surface area contributed by atoms with Crippen molar-refractivity contribution in [2.24, 2.45) is 0 Å². The van der Waals surface area contributed by atoms with Crippen LogP contribution in [0.3, 0.4) is 0 Å². The third-order valence-electron chi connectivity index (χ3n) is 5.71. The zero-order chi connectivity index (χ0) is 26.0. The lowest BCUT2D eigenvalue weighted by molar-refractivity contribution is -0.143. The van der Waals surface area contributed by atoms with Crippen LogP contribution < -0.4 is 10.4 Å². The number of halogens is 3. The molecule has 194 valence electrons. The van der Waals surface area contributed by atoms with Crippen LogP contribution in [0.5, 0.6) is 5.88 Å². The highest BCUT2D eigenvalue weighted by Crippen LogP contribution is 2.31. The summed E-state index contributed by atoms with van der Waals surface area (Å²) in [6.07, 6.45) is 4.49. The van der Waals surface area contributed by atoms with E-state index in [1.165, 1.54) is 18.3 Å². The predicted octanol–water partition coefficient (Wildman–Crippen LogP) is 6.94. The molecule has 3 aromatic rings. The lowest BCUT2D eigenvalue weighted by Gasteiger charge is -2.08. The third-order valence-corrected chi connectivity index (χ3v) is 5.71. The van der Waals surface area contributed by atoms with Gasteiger partial charge in [-0.3, -0.25) is 4.79 Å². The molecule has 0 amide bonds. The highest BCUT2D eigenvalue weighted by molar-refractivity contribution is 5.81. The van der Waals surface area contributed by atoms with E-state index in [9.17, 15) is 22.8 Å². The number of carbonyl (C=O) groups excluding carboxylic acids is 1. The number of aromatic nitrogens is 1. The number of esters is 1. The summed E-state index contributed by atoms with van der Waals surface area (Å²) in [5.74, 6) is 0.233. The van der Waals surface area contributed by atoms with Gasteiger partial charge in [0.25, 0.3) is 0 Å². The topological polar surface area (TPSA) is 78.6 Å². The smallest absolute Gasteiger partial charge is 0.416 e. The summed E-state index contributed by atoms with van der Waals surface area (Å²) < 4.78 is 54.5. The summed E-state index contributed by atoms with van der Waals surface area (Å²) in [4.78, 5) is 27.6. The van der Waals surface area contributed by atoms with Gasteiger partial charge in [0.2, 0.25) is 5.88 Å². The molecule has 0 radical (unpaired) electrons. The maximum atomic E-state index is 12.8. The highest BCUT2D eigenvalue weighted by atomic mass is 19.4. The number of hydrogen-bond acceptors (Lipinski definition) is 6. The van der Waals surface area contributed by atoms with Crippen molar-refractivity contribution in [3.8, 4) is 17.0 Å². The number of alkyl halides is 3. The Morgan fingerprint density at radius 2 is 1.58 bits per heavy atom. The molecule has 6 nitrogen and oxygen atoms in total. The minimum Gasteiger partial charge on any atom is -0.478 e. The van der Waals surface area contributed by atoms with Crippen molar-refractivity contribution in [1.29, 1.82) is 0 Å². The molecular formula is C27H30F3NO5. The number of carbonyl (C=O) groups is 1.